The van der Waals surface area contributed by atoms with E-state index in [1.54, 1.807) is 17.9 Å². The fourth-order valence-electron chi connectivity index (χ4n) is 0.984. The largest absolute Gasteiger partial charge is 0.710 e. The summed E-state index contributed by atoms with van der Waals surface area (Å²) in [5.41, 5.74) is 0.903. The number of imidazole rings is 1. The molecule has 0 unspecified atom stereocenters. The molecule has 0 fully saturated rings. The number of aryl methyl sites for hydroxylation is 1. The highest BCUT2D eigenvalue weighted by atomic mass is 79.9. The Hall–Kier alpha value is -1.17. The molecule has 2 aromatic rings. The topological polar surface area (TPSA) is 57.7 Å². The van der Waals surface area contributed by atoms with Gasteiger partial charge in [0.2, 0.25) is 12.0 Å². The van der Waals surface area contributed by atoms with E-state index < -0.39 is 0 Å². The van der Waals surface area contributed by atoms with E-state index in [0.29, 0.717) is 20.6 Å². The van der Waals surface area contributed by atoms with E-state index in [9.17, 15) is 5.21 Å². The van der Waals surface area contributed by atoms with Gasteiger partial charge >= 0.3 is 5.65 Å². The lowest BCUT2D eigenvalue weighted by molar-refractivity contribution is -0.580. The van der Waals surface area contributed by atoms with Crippen LogP contribution in [0.4, 0.5) is 0 Å². The molecule has 0 aromatic carbocycles. The molecule has 6 heteroatoms. The number of halogens is 1. The van der Waals surface area contributed by atoms with Crippen molar-refractivity contribution in [2.45, 2.75) is 0 Å². The van der Waals surface area contributed by atoms with Crippen LogP contribution in [0.25, 0.3) is 11.3 Å². The van der Waals surface area contributed by atoms with Crippen LogP contribution in [0.5, 0.6) is 0 Å². The van der Waals surface area contributed by atoms with Crippen molar-refractivity contribution in [1.29, 1.82) is 0 Å². The number of hydrogen-bond acceptors (Lipinski definition) is 3. The normalized spacial score (nSPS) is 10.8. The van der Waals surface area contributed by atoms with Gasteiger partial charge in [0, 0.05) is 7.05 Å². The van der Waals surface area contributed by atoms with Crippen LogP contribution < -0.4 is 4.73 Å². The monoisotopic (exact) mass is 228 g/mol. The Labute approximate surface area is 76.4 Å². The Balaban J connectivity index is 2.92. The minimum absolute atomic E-state index is 0.334. The van der Waals surface area contributed by atoms with Crippen molar-refractivity contribution in [1.82, 2.24) is 14.5 Å². The lowest BCUT2D eigenvalue weighted by Crippen LogP contribution is -2.27. The fraction of sp³-hybridized carbons (Fsp3) is 0.167. The predicted octanol–water partition coefficient (Wildman–Crippen LogP) is 0.364. The minimum atomic E-state index is 0.334. The van der Waals surface area contributed by atoms with Crippen molar-refractivity contribution < 1.29 is 4.73 Å². The van der Waals surface area contributed by atoms with E-state index >= 15 is 0 Å². The van der Waals surface area contributed by atoms with Gasteiger partial charge in [-0.3, -0.25) is 4.57 Å². The number of fused-ring (bicyclic) bond motifs is 1. The van der Waals surface area contributed by atoms with Crippen LogP contribution in [0.15, 0.2) is 17.1 Å². The van der Waals surface area contributed by atoms with Crippen LogP contribution in [0.1, 0.15) is 0 Å². The van der Waals surface area contributed by atoms with Crippen LogP contribution in [-0.4, -0.2) is 14.5 Å². The van der Waals surface area contributed by atoms with Gasteiger partial charge in [0.15, 0.2) is 0 Å². The van der Waals surface area contributed by atoms with E-state index in [1.165, 1.54) is 6.20 Å². The Morgan fingerprint density at radius 1 is 1.67 bits per heavy atom. The van der Waals surface area contributed by atoms with E-state index in [1.807, 2.05) is 0 Å². The third kappa shape index (κ3) is 0.953. The second kappa shape index (κ2) is 2.41. The van der Waals surface area contributed by atoms with E-state index in [0.717, 1.165) is 0 Å². The first-order valence-electron chi connectivity index (χ1n) is 3.25. The summed E-state index contributed by atoms with van der Waals surface area (Å²) >= 11 is 3.13. The maximum absolute atomic E-state index is 11.2. The molecular weight excluding hydrogens is 224 g/mol. The molecule has 0 aliphatic rings. The maximum Gasteiger partial charge on any atom is 0.371 e. The van der Waals surface area contributed by atoms with E-state index in [2.05, 4.69) is 25.9 Å². The molecule has 5 nitrogen and oxygen atoms in total. The Kier molecular flexibility index (Phi) is 1.50. The van der Waals surface area contributed by atoms with Crippen LogP contribution in [0, 0.1) is 5.21 Å². The van der Waals surface area contributed by atoms with Crippen LogP contribution in [0.3, 0.4) is 0 Å². The molecule has 2 aromatic heterocycles. The van der Waals surface area contributed by atoms with Crippen molar-refractivity contribution >= 4 is 27.2 Å². The first kappa shape index (κ1) is 7.48. The van der Waals surface area contributed by atoms with Gasteiger partial charge < -0.3 is 5.21 Å². The van der Waals surface area contributed by atoms with Crippen molar-refractivity contribution in [3.8, 4) is 0 Å². The van der Waals surface area contributed by atoms with Gasteiger partial charge in [-0.05, 0) is 20.9 Å². The van der Waals surface area contributed by atoms with Gasteiger partial charge in [-0.2, -0.15) is 0 Å². The second-order valence-corrected chi connectivity index (χ2v) is 3.20. The molecule has 0 amide bonds. The highest BCUT2D eigenvalue weighted by Crippen LogP contribution is 2.08. The Morgan fingerprint density at radius 3 is 3.17 bits per heavy atom. The Morgan fingerprint density at radius 2 is 2.42 bits per heavy atom. The highest BCUT2D eigenvalue weighted by Gasteiger charge is 2.11. The summed E-state index contributed by atoms with van der Waals surface area (Å²) in [5.74, 6) is 0. The zero-order chi connectivity index (χ0) is 8.72. The van der Waals surface area contributed by atoms with Gasteiger partial charge in [0.05, 0.1) is 0 Å². The summed E-state index contributed by atoms with van der Waals surface area (Å²) < 4.78 is 2.88. The average molecular weight is 229 g/mol. The molecule has 12 heavy (non-hydrogen) atoms. The molecule has 2 heterocycles. The molecule has 0 saturated heterocycles. The standard InChI is InChI=1S/C6H5BrN4O/c1-10-3-8-5-6(10)9-4(7)2-11(5)12/h2-3H,1H3. The molecule has 62 valence electrons. The van der Waals surface area contributed by atoms with Crippen molar-refractivity contribution in [2.75, 3.05) is 0 Å². The molecule has 0 spiro atoms. The van der Waals surface area contributed by atoms with Crippen molar-refractivity contribution in [2.24, 2.45) is 7.05 Å². The van der Waals surface area contributed by atoms with Crippen molar-refractivity contribution in [3.05, 3.63) is 22.3 Å². The van der Waals surface area contributed by atoms with Crippen LogP contribution >= 0.6 is 15.9 Å². The van der Waals surface area contributed by atoms with Gasteiger partial charge in [0.1, 0.15) is 10.8 Å². The summed E-state index contributed by atoms with van der Waals surface area (Å²) in [6.45, 7) is 0. The lowest BCUT2D eigenvalue weighted by atomic mass is 10.6. The summed E-state index contributed by atoms with van der Waals surface area (Å²) in [5, 5.41) is 11.2. The third-order valence-corrected chi connectivity index (χ3v) is 1.91. The van der Waals surface area contributed by atoms with Crippen molar-refractivity contribution in [3.63, 3.8) is 0 Å². The maximum atomic E-state index is 11.2. The first-order chi connectivity index (χ1) is 5.68. The number of rotatable bonds is 0. The molecular formula is C6H5BrN4O. The lowest BCUT2D eigenvalue weighted by Gasteiger charge is -2.00. The first-order valence-corrected chi connectivity index (χ1v) is 4.04. The Bertz CT molecular complexity index is 438. The minimum Gasteiger partial charge on any atom is -0.710 e. The van der Waals surface area contributed by atoms with Gasteiger partial charge in [-0.15, -0.1) is 0 Å². The molecule has 0 saturated carbocycles. The fourth-order valence-corrected chi connectivity index (χ4v) is 1.34. The molecule has 0 atom stereocenters. The van der Waals surface area contributed by atoms with Crippen LogP contribution in [-0.2, 0) is 7.05 Å². The van der Waals surface area contributed by atoms with Gasteiger partial charge in [-0.25, -0.2) is 9.71 Å². The number of aromatic nitrogens is 4. The van der Waals surface area contributed by atoms with E-state index in [-0.39, 0.29) is 0 Å². The molecule has 0 bridgehead atoms. The number of nitrogens with zero attached hydrogens (tertiary/aromatic N) is 4. The zero-order valence-electron chi connectivity index (χ0n) is 6.23. The smallest absolute Gasteiger partial charge is 0.371 e. The summed E-state index contributed by atoms with van der Waals surface area (Å²) in [6.07, 6.45) is 2.88. The number of hydrogen-bond donors (Lipinski definition) is 0. The highest BCUT2D eigenvalue weighted by molar-refractivity contribution is 9.10. The SMILES string of the molecule is Cn1cnc2c1nc(Br)c[n+]2[O-]. The zero-order valence-corrected chi connectivity index (χ0v) is 7.82. The second-order valence-electron chi connectivity index (χ2n) is 2.39. The molecule has 0 radical (unpaired) electrons. The van der Waals surface area contributed by atoms with E-state index in [4.69, 9.17) is 0 Å². The van der Waals surface area contributed by atoms with Gasteiger partial charge in [-0.1, -0.05) is 0 Å². The summed E-state index contributed by atoms with van der Waals surface area (Å²) in [7, 11) is 1.79. The summed E-state index contributed by atoms with van der Waals surface area (Å²) in [6, 6.07) is 0. The molecule has 0 aliphatic heterocycles. The van der Waals surface area contributed by atoms with Gasteiger partial charge in [0.25, 0.3) is 0 Å². The molecule has 2 rings (SSSR count). The van der Waals surface area contributed by atoms with Crippen LogP contribution in [0.2, 0.25) is 0 Å². The summed E-state index contributed by atoms with van der Waals surface area (Å²) in [4.78, 5) is 7.98. The quantitative estimate of drug-likeness (QED) is 0.484. The molecule has 0 N–H and O–H groups in total. The average Bonchev–Trinajstić information content (AvgIpc) is 2.33. The third-order valence-electron chi connectivity index (χ3n) is 1.53. The predicted molar refractivity (Wildman–Crippen MR) is 45.2 cm³/mol. The molecule has 0 aliphatic carbocycles.